The van der Waals surface area contributed by atoms with Crippen molar-refractivity contribution in [3.05, 3.63) is 46.5 Å². The number of amides is 2. The van der Waals surface area contributed by atoms with Gasteiger partial charge in [-0.2, -0.15) is 13.2 Å². The minimum atomic E-state index is -4.45. The van der Waals surface area contributed by atoms with Crippen molar-refractivity contribution in [1.82, 2.24) is 9.88 Å². The fourth-order valence-electron chi connectivity index (χ4n) is 3.03. The summed E-state index contributed by atoms with van der Waals surface area (Å²) >= 11 is 1.22. The predicted octanol–water partition coefficient (Wildman–Crippen LogP) is 3.04. The van der Waals surface area contributed by atoms with Crippen molar-refractivity contribution in [2.75, 3.05) is 18.4 Å². The number of aromatic nitrogens is 1. The van der Waals surface area contributed by atoms with E-state index in [4.69, 9.17) is 5.73 Å². The highest BCUT2D eigenvalue weighted by Crippen LogP contribution is 2.33. The summed E-state index contributed by atoms with van der Waals surface area (Å²) in [7, 11) is 0. The topological polar surface area (TPSA) is 88.3 Å². The van der Waals surface area contributed by atoms with E-state index in [2.05, 4.69) is 10.3 Å². The number of rotatable bonds is 5. The van der Waals surface area contributed by atoms with E-state index in [1.807, 2.05) is 4.90 Å². The van der Waals surface area contributed by atoms with Crippen LogP contribution in [-0.2, 0) is 11.0 Å². The van der Waals surface area contributed by atoms with Crippen molar-refractivity contribution in [1.29, 1.82) is 0 Å². The Balaban J connectivity index is 1.67. The summed E-state index contributed by atoms with van der Waals surface area (Å²) in [5.74, 6) is -0.946. The molecule has 1 aromatic heterocycles. The van der Waals surface area contributed by atoms with E-state index in [9.17, 15) is 22.8 Å². The maximum absolute atomic E-state index is 12.6. The number of hydrogen-bond donors (Lipinski definition) is 2. The molecule has 6 nitrogen and oxygen atoms in total. The molecule has 0 bridgehead atoms. The van der Waals surface area contributed by atoms with Crippen LogP contribution in [-0.4, -0.2) is 34.8 Å². The average Bonchev–Trinajstić information content (AvgIpc) is 3.22. The molecule has 2 amide bonds. The molecule has 1 unspecified atom stereocenters. The van der Waals surface area contributed by atoms with Crippen molar-refractivity contribution >= 4 is 28.3 Å². The third kappa shape index (κ3) is 4.64. The summed E-state index contributed by atoms with van der Waals surface area (Å²) < 4.78 is 37.8. The number of nitrogens with zero attached hydrogens (tertiary/aromatic N) is 2. The van der Waals surface area contributed by atoms with Crippen LogP contribution in [0.4, 0.5) is 18.3 Å². The molecule has 0 spiro atoms. The second kappa shape index (κ2) is 7.65. The van der Waals surface area contributed by atoms with Gasteiger partial charge in [-0.3, -0.25) is 19.8 Å². The highest BCUT2D eigenvalue weighted by Gasteiger charge is 2.31. The Morgan fingerprint density at radius 3 is 2.63 bits per heavy atom. The van der Waals surface area contributed by atoms with Crippen molar-refractivity contribution in [2.45, 2.75) is 25.1 Å². The van der Waals surface area contributed by atoms with Gasteiger partial charge in [0, 0.05) is 10.9 Å². The standard InChI is InChI=1S/C17H17F3N4O2S/c18-17(19,20)11-5-3-10(4-6-11)15(26)23-16-22-12(9-27-16)13-2-1-7-24(13)8-14(21)25/h3-6,9,13H,1-2,7-8H2,(H2,21,25)(H,22,23,26). The summed E-state index contributed by atoms with van der Waals surface area (Å²) in [5, 5.41) is 4.74. The van der Waals surface area contributed by atoms with Gasteiger partial charge in [0.2, 0.25) is 5.91 Å². The molecule has 1 aliphatic rings. The molecule has 2 aromatic rings. The quantitative estimate of drug-likeness (QED) is 0.810. The van der Waals surface area contributed by atoms with Crippen LogP contribution < -0.4 is 11.1 Å². The number of nitrogens with one attached hydrogen (secondary N) is 1. The largest absolute Gasteiger partial charge is 0.416 e. The molecule has 3 rings (SSSR count). The van der Waals surface area contributed by atoms with Crippen molar-refractivity contribution < 1.29 is 22.8 Å². The predicted molar refractivity (Wildman–Crippen MR) is 94.3 cm³/mol. The van der Waals surface area contributed by atoms with Gasteiger partial charge in [-0.05, 0) is 43.7 Å². The monoisotopic (exact) mass is 398 g/mol. The molecule has 1 fully saturated rings. The second-order valence-corrected chi connectivity index (χ2v) is 7.06. The van der Waals surface area contributed by atoms with Crippen LogP contribution in [0.15, 0.2) is 29.6 Å². The third-order valence-corrected chi connectivity index (χ3v) is 5.06. The summed E-state index contributed by atoms with van der Waals surface area (Å²) in [6, 6.07) is 3.94. The fraction of sp³-hybridized carbons (Fsp3) is 0.353. The van der Waals surface area contributed by atoms with Crippen molar-refractivity contribution in [3.63, 3.8) is 0 Å². The van der Waals surface area contributed by atoms with E-state index in [1.54, 1.807) is 5.38 Å². The Bertz CT molecular complexity index is 835. The lowest BCUT2D eigenvalue weighted by atomic mass is 10.1. The Morgan fingerprint density at radius 1 is 1.30 bits per heavy atom. The number of thiazole rings is 1. The molecule has 10 heteroatoms. The highest BCUT2D eigenvalue weighted by molar-refractivity contribution is 7.14. The van der Waals surface area contributed by atoms with Gasteiger partial charge in [0.05, 0.1) is 23.8 Å². The number of anilines is 1. The van der Waals surface area contributed by atoms with E-state index >= 15 is 0 Å². The van der Waals surface area contributed by atoms with Crippen molar-refractivity contribution in [3.8, 4) is 0 Å². The smallest absolute Gasteiger partial charge is 0.369 e. The maximum Gasteiger partial charge on any atom is 0.416 e. The van der Waals surface area contributed by atoms with Crippen LogP contribution in [0.3, 0.4) is 0 Å². The van der Waals surface area contributed by atoms with E-state index in [-0.39, 0.29) is 18.2 Å². The van der Waals surface area contributed by atoms with Gasteiger partial charge >= 0.3 is 6.18 Å². The van der Waals surface area contributed by atoms with Gasteiger partial charge in [0.25, 0.3) is 5.91 Å². The van der Waals surface area contributed by atoms with E-state index < -0.39 is 23.6 Å². The number of primary amides is 1. The lowest BCUT2D eigenvalue weighted by Gasteiger charge is -2.21. The summed E-state index contributed by atoms with van der Waals surface area (Å²) in [6.07, 6.45) is -2.69. The fourth-order valence-corrected chi connectivity index (χ4v) is 3.78. The first-order valence-electron chi connectivity index (χ1n) is 8.20. The third-order valence-electron chi connectivity index (χ3n) is 4.28. The highest BCUT2D eigenvalue weighted by atomic mass is 32.1. The number of hydrogen-bond acceptors (Lipinski definition) is 5. The minimum absolute atomic E-state index is 0.0366. The molecule has 1 saturated heterocycles. The summed E-state index contributed by atoms with van der Waals surface area (Å²) in [5.41, 5.74) is 5.29. The first-order valence-corrected chi connectivity index (χ1v) is 9.08. The minimum Gasteiger partial charge on any atom is -0.369 e. The number of alkyl halides is 3. The lowest BCUT2D eigenvalue weighted by molar-refractivity contribution is -0.137. The first kappa shape index (κ1) is 19.3. The normalized spacial score (nSPS) is 17.8. The Labute approximate surface area is 157 Å². The van der Waals surface area contributed by atoms with Gasteiger partial charge in [-0.25, -0.2) is 4.98 Å². The summed E-state index contributed by atoms with van der Waals surface area (Å²) in [4.78, 5) is 29.7. The summed E-state index contributed by atoms with van der Waals surface area (Å²) in [6.45, 7) is 0.897. The molecule has 144 valence electrons. The molecular formula is C17H17F3N4O2S. The van der Waals surface area contributed by atoms with Crippen LogP contribution in [0.1, 0.15) is 40.5 Å². The zero-order valence-corrected chi connectivity index (χ0v) is 14.9. The van der Waals surface area contributed by atoms with Crippen LogP contribution in [0.2, 0.25) is 0 Å². The van der Waals surface area contributed by atoms with Crippen molar-refractivity contribution in [2.24, 2.45) is 5.73 Å². The number of likely N-dealkylation sites (tertiary alicyclic amines) is 1. The molecular weight excluding hydrogens is 381 g/mol. The van der Waals surface area contributed by atoms with E-state index in [0.29, 0.717) is 5.13 Å². The molecule has 3 N–H and O–H groups in total. The zero-order chi connectivity index (χ0) is 19.6. The lowest BCUT2D eigenvalue weighted by Crippen LogP contribution is -2.33. The molecule has 1 aromatic carbocycles. The Kier molecular flexibility index (Phi) is 5.47. The average molecular weight is 398 g/mol. The van der Waals surface area contributed by atoms with Crippen LogP contribution >= 0.6 is 11.3 Å². The molecule has 27 heavy (non-hydrogen) atoms. The molecule has 0 aliphatic carbocycles. The molecule has 1 aliphatic heterocycles. The van der Waals surface area contributed by atoms with Crippen LogP contribution in [0.5, 0.6) is 0 Å². The van der Waals surface area contributed by atoms with E-state index in [0.717, 1.165) is 49.3 Å². The number of nitrogens with two attached hydrogens (primary N) is 1. The number of carbonyl (C=O) groups excluding carboxylic acids is 2. The number of halogens is 3. The molecule has 2 heterocycles. The second-order valence-electron chi connectivity index (χ2n) is 6.20. The SMILES string of the molecule is NC(=O)CN1CCCC1c1csc(NC(=O)c2ccc(C(F)(F)F)cc2)n1. The number of benzene rings is 1. The molecule has 0 radical (unpaired) electrons. The first-order chi connectivity index (χ1) is 12.7. The molecule has 0 saturated carbocycles. The van der Waals surface area contributed by atoms with Gasteiger partial charge in [-0.15, -0.1) is 11.3 Å². The molecule has 1 atom stereocenters. The Morgan fingerprint density at radius 2 is 2.00 bits per heavy atom. The van der Waals surface area contributed by atoms with Gasteiger partial charge in [0.1, 0.15) is 0 Å². The van der Waals surface area contributed by atoms with E-state index in [1.165, 1.54) is 11.3 Å². The zero-order valence-electron chi connectivity index (χ0n) is 14.1. The van der Waals surface area contributed by atoms with Crippen LogP contribution in [0.25, 0.3) is 0 Å². The van der Waals surface area contributed by atoms with Crippen LogP contribution in [0, 0.1) is 0 Å². The maximum atomic E-state index is 12.6. The van der Waals surface area contributed by atoms with Gasteiger partial charge in [-0.1, -0.05) is 0 Å². The van der Waals surface area contributed by atoms with Gasteiger partial charge < -0.3 is 5.73 Å². The van der Waals surface area contributed by atoms with Gasteiger partial charge in [0.15, 0.2) is 5.13 Å². The number of carbonyl (C=O) groups is 2. The Hall–Kier alpha value is -2.46.